The fraction of sp³-hybridized carbons (Fsp3) is 0.294. The average Bonchev–Trinajstić information content (AvgIpc) is 3.24. The van der Waals surface area contributed by atoms with Crippen molar-refractivity contribution in [3.63, 3.8) is 0 Å². The summed E-state index contributed by atoms with van der Waals surface area (Å²) in [5.41, 5.74) is 0.899. The summed E-state index contributed by atoms with van der Waals surface area (Å²) in [6.07, 6.45) is 2.94. The van der Waals surface area contributed by atoms with Crippen molar-refractivity contribution < 1.29 is 18.8 Å². The smallest absolute Gasteiger partial charge is 0.299 e. The lowest BCUT2D eigenvalue weighted by molar-refractivity contribution is 0.0994. The predicted molar refractivity (Wildman–Crippen MR) is 93.7 cm³/mol. The molecule has 0 amide bonds. The molecule has 0 atom stereocenters. The van der Waals surface area contributed by atoms with Crippen molar-refractivity contribution in [1.82, 2.24) is 19.9 Å². The molecule has 0 saturated carbocycles. The Bertz CT molecular complexity index is 948. The fourth-order valence-corrected chi connectivity index (χ4v) is 2.55. The van der Waals surface area contributed by atoms with Crippen molar-refractivity contribution >= 4 is 17.4 Å². The highest BCUT2D eigenvalue weighted by molar-refractivity contribution is 6.32. The van der Waals surface area contributed by atoms with Gasteiger partial charge in [-0.05, 0) is 26.0 Å². The molecular weight excluding hydrogens is 360 g/mol. The number of carbonyl (C=O) groups is 1. The third-order valence-electron chi connectivity index (χ3n) is 3.43. The van der Waals surface area contributed by atoms with Crippen LogP contribution >= 0.6 is 11.6 Å². The molecule has 26 heavy (non-hydrogen) atoms. The quantitative estimate of drug-likeness (QED) is 0.610. The van der Waals surface area contributed by atoms with Crippen LogP contribution in [0.5, 0.6) is 11.5 Å². The monoisotopic (exact) mass is 376 g/mol. The Morgan fingerprint density at radius 3 is 2.73 bits per heavy atom. The SMILES string of the molecule is COc1cc(-c2noc(C(=O)c3cnn(C)c3)n2)cc(Cl)c1OC(C)C. The Kier molecular flexibility index (Phi) is 4.94. The lowest BCUT2D eigenvalue weighted by atomic mass is 10.2. The number of halogens is 1. The summed E-state index contributed by atoms with van der Waals surface area (Å²) in [7, 11) is 3.22. The number of methoxy groups -OCH3 is 1. The third-order valence-corrected chi connectivity index (χ3v) is 3.71. The van der Waals surface area contributed by atoms with Crippen molar-refractivity contribution in [2.75, 3.05) is 7.11 Å². The maximum Gasteiger partial charge on any atom is 0.299 e. The van der Waals surface area contributed by atoms with Gasteiger partial charge >= 0.3 is 0 Å². The van der Waals surface area contributed by atoms with Gasteiger partial charge in [0.15, 0.2) is 11.5 Å². The average molecular weight is 377 g/mol. The summed E-state index contributed by atoms with van der Waals surface area (Å²) in [5.74, 6) is 0.544. The summed E-state index contributed by atoms with van der Waals surface area (Å²) in [5, 5.41) is 8.16. The zero-order chi connectivity index (χ0) is 18.8. The number of hydrogen-bond acceptors (Lipinski definition) is 7. The molecule has 0 bridgehead atoms. The topological polar surface area (TPSA) is 92.3 Å². The first-order chi connectivity index (χ1) is 12.4. The van der Waals surface area contributed by atoms with E-state index in [1.165, 1.54) is 18.0 Å². The van der Waals surface area contributed by atoms with Gasteiger partial charge in [-0.15, -0.1) is 0 Å². The van der Waals surface area contributed by atoms with E-state index in [1.807, 2.05) is 13.8 Å². The summed E-state index contributed by atoms with van der Waals surface area (Å²) in [6, 6.07) is 3.30. The molecule has 2 heterocycles. The molecule has 0 saturated heterocycles. The van der Waals surface area contributed by atoms with Crippen LogP contribution in [-0.4, -0.2) is 38.9 Å². The highest BCUT2D eigenvalue weighted by Crippen LogP contribution is 2.39. The van der Waals surface area contributed by atoms with Crippen LogP contribution < -0.4 is 9.47 Å². The van der Waals surface area contributed by atoms with E-state index in [9.17, 15) is 4.79 Å². The second-order valence-electron chi connectivity index (χ2n) is 5.81. The van der Waals surface area contributed by atoms with Crippen LogP contribution in [0.1, 0.15) is 30.1 Å². The Morgan fingerprint density at radius 2 is 2.12 bits per heavy atom. The molecule has 3 aromatic rings. The minimum Gasteiger partial charge on any atom is -0.493 e. The lowest BCUT2D eigenvalue weighted by Gasteiger charge is -2.15. The Balaban J connectivity index is 1.94. The van der Waals surface area contributed by atoms with E-state index in [0.29, 0.717) is 27.6 Å². The van der Waals surface area contributed by atoms with Crippen LogP contribution in [-0.2, 0) is 7.05 Å². The largest absolute Gasteiger partial charge is 0.493 e. The minimum atomic E-state index is -0.408. The number of ether oxygens (including phenoxy) is 2. The molecule has 136 valence electrons. The Morgan fingerprint density at radius 1 is 1.35 bits per heavy atom. The van der Waals surface area contributed by atoms with Gasteiger partial charge in [0.05, 0.1) is 30.0 Å². The van der Waals surface area contributed by atoms with E-state index >= 15 is 0 Å². The number of hydrogen-bond donors (Lipinski definition) is 0. The predicted octanol–water partition coefficient (Wildman–Crippen LogP) is 3.15. The molecular formula is C17H17ClN4O4. The summed E-state index contributed by atoms with van der Waals surface area (Å²) >= 11 is 6.31. The molecule has 9 heteroatoms. The molecule has 0 aliphatic carbocycles. The molecule has 0 aliphatic rings. The molecule has 0 radical (unpaired) electrons. The number of benzene rings is 1. The van der Waals surface area contributed by atoms with Crippen molar-refractivity contribution in [3.8, 4) is 22.9 Å². The van der Waals surface area contributed by atoms with Gasteiger partial charge in [0, 0.05) is 18.8 Å². The summed E-state index contributed by atoms with van der Waals surface area (Å²) in [4.78, 5) is 16.5. The Hall–Kier alpha value is -2.87. The van der Waals surface area contributed by atoms with E-state index in [0.717, 1.165) is 0 Å². The Labute approximate surface area is 154 Å². The standard InChI is InChI=1S/C17H17ClN4O4/c1-9(2)25-15-12(18)5-10(6-13(15)24-4)16-20-17(26-21-16)14(23)11-7-19-22(3)8-11/h5-9H,1-4H3. The number of aromatic nitrogens is 4. The fourth-order valence-electron chi connectivity index (χ4n) is 2.29. The van der Waals surface area contributed by atoms with Gasteiger partial charge in [-0.2, -0.15) is 10.1 Å². The maximum absolute atomic E-state index is 12.3. The van der Waals surface area contributed by atoms with Crippen molar-refractivity contribution in [2.24, 2.45) is 7.05 Å². The van der Waals surface area contributed by atoms with E-state index in [1.54, 1.807) is 25.4 Å². The summed E-state index contributed by atoms with van der Waals surface area (Å²) in [6.45, 7) is 3.78. The molecule has 1 aromatic carbocycles. The first-order valence-electron chi connectivity index (χ1n) is 7.80. The van der Waals surface area contributed by atoms with Gasteiger partial charge in [-0.3, -0.25) is 9.48 Å². The maximum atomic E-state index is 12.3. The van der Waals surface area contributed by atoms with E-state index in [4.69, 9.17) is 25.6 Å². The van der Waals surface area contributed by atoms with Crippen molar-refractivity contribution in [2.45, 2.75) is 20.0 Å². The zero-order valence-electron chi connectivity index (χ0n) is 14.7. The van der Waals surface area contributed by atoms with Gasteiger partial charge in [-0.1, -0.05) is 16.8 Å². The normalized spacial score (nSPS) is 11.0. The molecule has 3 rings (SSSR count). The second kappa shape index (κ2) is 7.17. The van der Waals surface area contributed by atoms with Gasteiger partial charge in [0.25, 0.3) is 11.7 Å². The number of carbonyl (C=O) groups excluding carboxylic acids is 1. The van der Waals surface area contributed by atoms with E-state index in [-0.39, 0.29) is 17.8 Å². The molecule has 0 unspecified atom stereocenters. The number of nitrogens with zero attached hydrogens (tertiary/aromatic N) is 4. The lowest BCUT2D eigenvalue weighted by Crippen LogP contribution is -2.07. The highest BCUT2D eigenvalue weighted by atomic mass is 35.5. The number of rotatable bonds is 6. The van der Waals surface area contributed by atoms with Crippen LogP contribution in [0.4, 0.5) is 0 Å². The van der Waals surface area contributed by atoms with Gasteiger partial charge < -0.3 is 14.0 Å². The second-order valence-corrected chi connectivity index (χ2v) is 6.22. The molecule has 0 spiro atoms. The highest BCUT2D eigenvalue weighted by Gasteiger charge is 2.21. The minimum absolute atomic E-state index is 0.0684. The zero-order valence-corrected chi connectivity index (χ0v) is 15.4. The molecule has 0 aliphatic heterocycles. The van der Waals surface area contributed by atoms with Crippen LogP contribution in [0.15, 0.2) is 29.0 Å². The third kappa shape index (κ3) is 3.55. The van der Waals surface area contributed by atoms with E-state index in [2.05, 4.69) is 15.2 Å². The van der Waals surface area contributed by atoms with Crippen molar-refractivity contribution in [1.29, 1.82) is 0 Å². The van der Waals surface area contributed by atoms with Crippen LogP contribution in [0.25, 0.3) is 11.4 Å². The van der Waals surface area contributed by atoms with Gasteiger partial charge in [0.2, 0.25) is 5.82 Å². The molecule has 8 nitrogen and oxygen atoms in total. The summed E-state index contributed by atoms with van der Waals surface area (Å²) < 4.78 is 17.6. The molecule has 0 N–H and O–H groups in total. The van der Waals surface area contributed by atoms with Crippen LogP contribution in [0, 0.1) is 0 Å². The number of aryl methyl sites for hydroxylation is 1. The molecule has 2 aromatic heterocycles. The van der Waals surface area contributed by atoms with Gasteiger partial charge in [-0.25, -0.2) is 0 Å². The van der Waals surface area contributed by atoms with Crippen LogP contribution in [0.2, 0.25) is 5.02 Å². The van der Waals surface area contributed by atoms with Crippen LogP contribution in [0.3, 0.4) is 0 Å². The van der Waals surface area contributed by atoms with Crippen molar-refractivity contribution in [3.05, 3.63) is 41.0 Å². The van der Waals surface area contributed by atoms with Gasteiger partial charge in [0.1, 0.15) is 0 Å². The van der Waals surface area contributed by atoms with E-state index < -0.39 is 5.78 Å². The first kappa shape index (κ1) is 17.9. The first-order valence-corrected chi connectivity index (χ1v) is 8.18. The molecule has 0 fully saturated rings. The number of ketones is 1.